The summed E-state index contributed by atoms with van der Waals surface area (Å²) < 4.78 is 16.4. The van der Waals surface area contributed by atoms with Gasteiger partial charge in [-0.05, 0) is 32.4 Å². The molecule has 0 amide bonds. The number of nitrogens with zero attached hydrogens (tertiary/aromatic N) is 2. The highest BCUT2D eigenvalue weighted by Gasteiger charge is 2.34. The molecule has 1 unspecified atom stereocenters. The molecule has 0 radical (unpaired) electrons. The van der Waals surface area contributed by atoms with Crippen molar-refractivity contribution >= 4 is 0 Å². The van der Waals surface area contributed by atoms with Gasteiger partial charge in [-0.1, -0.05) is 0 Å². The van der Waals surface area contributed by atoms with Gasteiger partial charge in [-0.25, -0.2) is 0 Å². The molecule has 2 atom stereocenters. The van der Waals surface area contributed by atoms with Crippen molar-refractivity contribution in [3.63, 3.8) is 0 Å². The molecule has 1 aromatic carbocycles. The standard InChI is InChI=1S/C18H28N2O3/c1-13-10-19-7-5-6-15(19)12-20(13)11-14-8-17(22-3)18(23-4)9-16(14)21-2/h8-9,13,15H,5-7,10-12H2,1-4H3/t13-,15?/m1/s1. The van der Waals surface area contributed by atoms with Gasteiger partial charge in [-0.3, -0.25) is 9.80 Å². The molecule has 0 saturated carbocycles. The molecule has 0 aliphatic carbocycles. The van der Waals surface area contributed by atoms with Crippen molar-refractivity contribution in [2.45, 2.75) is 38.4 Å². The van der Waals surface area contributed by atoms with E-state index in [1.807, 2.05) is 12.1 Å². The molecule has 128 valence electrons. The number of hydrogen-bond acceptors (Lipinski definition) is 5. The smallest absolute Gasteiger partial charge is 0.164 e. The highest BCUT2D eigenvalue weighted by atomic mass is 16.5. The van der Waals surface area contributed by atoms with Crippen LogP contribution in [-0.2, 0) is 6.54 Å². The van der Waals surface area contributed by atoms with E-state index < -0.39 is 0 Å². The molecular formula is C18H28N2O3. The summed E-state index contributed by atoms with van der Waals surface area (Å²) in [5.74, 6) is 2.33. The minimum atomic E-state index is 0.558. The van der Waals surface area contributed by atoms with Crippen LogP contribution in [-0.4, -0.2) is 62.8 Å². The Labute approximate surface area is 139 Å². The van der Waals surface area contributed by atoms with Gasteiger partial charge in [0.2, 0.25) is 0 Å². The molecular weight excluding hydrogens is 292 g/mol. The molecule has 2 saturated heterocycles. The number of hydrogen-bond donors (Lipinski definition) is 0. The van der Waals surface area contributed by atoms with E-state index in [1.54, 1.807) is 21.3 Å². The maximum atomic E-state index is 5.58. The molecule has 2 heterocycles. The lowest BCUT2D eigenvalue weighted by Crippen LogP contribution is -2.54. The van der Waals surface area contributed by atoms with Crippen LogP contribution in [0.4, 0.5) is 0 Å². The second kappa shape index (κ2) is 6.97. The summed E-state index contributed by atoms with van der Waals surface area (Å²) in [4.78, 5) is 5.21. The first-order chi connectivity index (χ1) is 11.2. The van der Waals surface area contributed by atoms with Crippen LogP contribution in [0.15, 0.2) is 12.1 Å². The quantitative estimate of drug-likeness (QED) is 0.832. The third-order valence-corrected chi connectivity index (χ3v) is 5.23. The van der Waals surface area contributed by atoms with Crippen molar-refractivity contribution in [3.8, 4) is 17.2 Å². The zero-order chi connectivity index (χ0) is 16.4. The van der Waals surface area contributed by atoms with Crippen LogP contribution in [0, 0.1) is 0 Å². The Morgan fingerprint density at radius 2 is 1.70 bits per heavy atom. The number of piperazine rings is 1. The van der Waals surface area contributed by atoms with Crippen LogP contribution in [0.25, 0.3) is 0 Å². The molecule has 0 N–H and O–H groups in total. The average Bonchev–Trinajstić information content (AvgIpc) is 3.01. The maximum Gasteiger partial charge on any atom is 0.164 e. The van der Waals surface area contributed by atoms with Crippen LogP contribution >= 0.6 is 0 Å². The van der Waals surface area contributed by atoms with Gasteiger partial charge in [0.1, 0.15) is 5.75 Å². The fourth-order valence-corrected chi connectivity index (χ4v) is 3.90. The Hall–Kier alpha value is -1.46. The van der Waals surface area contributed by atoms with Crippen molar-refractivity contribution in [1.82, 2.24) is 9.80 Å². The van der Waals surface area contributed by atoms with Crippen LogP contribution in [0.1, 0.15) is 25.3 Å². The van der Waals surface area contributed by atoms with Gasteiger partial charge >= 0.3 is 0 Å². The molecule has 3 rings (SSSR count). The molecule has 0 aromatic heterocycles. The highest BCUT2D eigenvalue weighted by Crippen LogP contribution is 2.36. The number of fused-ring (bicyclic) bond motifs is 1. The van der Waals surface area contributed by atoms with Crippen LogP contribution in [0.2, 0.25) is 0 Å². The van der Waals surface area contributed by atoms with Crippen molar-refractivity contribution in [2.24, 2.45) is 0 Å². The summed E-state index contributed by atoms with van der Waals surface area (Å²) >= 11 is 0. The predicted octanol–water partition coefficient (Wildman–Crippen LogP) is 2.38. The first-order valence-electron chi connectivity index (χ1n) is 8.43. The molecule has 23 heavy (non-hydrogen) atoms. The van der Waals surface area contributed by atoms with E-state index in [0.29, 0.717) is 11.8 Å². The Morgan fingerprint density at radius 1 is 1.00 bits per heavy atom. The zero-order valence-corrected chi connectivity index (χ0v) is 14.7. The highest BCUT2D eigenvalue weighted by molar-refractivity contribution is 5.50. The molecule has 2 aliphatic heterocycles. The Bertz CT molecular complexity index is 549. The van der Waals surface area contributed by atoms with E-state index >= 15 is 0 Å². The van der Waals surface area contributed by atoms with Gasteiger partial charge in [-0.15, -0.1) is 0 Å². The van der Waals surface area contributed by atoms with Gasteiger partial charge in [0.05, 0.1) is 21.3 Å². The Balaban J connectivity index is 1.81. The molecule has 0 spiro atoms. The fourth-order valence-electron chi connectivity index (χ4n) is 3.90. The molecule has 5 heteroatoms. The zero-order valence-electron chi connectivity index (χ0n) is 14.7. The number of rotatable bonds is 5. The lowest BCUT2D eigenvalue weighted by atomic mass is 10.1. The van der Waals surface area contributed by atoms with E-state index in [9.17, 15) is 0 Å². The molecule has 0 bridgehead atoms. The van der Waals surface area contributed by atoms with Crippen molar-refractivity contribution < 1.29 is 14.2 Å². The molecule has 1 aromatic rings. The van der Waals surface area contributed by atoms with Crippen LogP contribution in [0.3, 0.4) is 0 Å². The first kappa shape index (κ1) is 16.4. The average molecular weight is 320 g/mol. The van der Waals surface area contributed by atoms with Gasteiger partial charge in [0.25, 0.3) is 0 Å². The second-order valence-corrected chi connectivity index (χ2v) is 6.59. The fraction of sp³-hybridized carbons (Fsp3) is 0.667. The van der Waals surface area contributed by atoms with Gasteiger partial charge in [0.15, 0.2) is 11.5 Å². The van der Waals surface area contributed by atoms with Crippen molar-refractivity contribution in [2.75, 3.05) is 41.0 Å². The maximum absolute atomic E-state index is 5.58. The molecule has 5 nitrogen and oxygen atoms in total. The minimum Gasteiger partial charge on any atom is -0.496 e. The van der Waals surface area contributed by atoms with Gasteiger partial charge in [0, 0.05) is 43.3 Å². The van der Waals surface area contributed by atoms with Crippen LogP contribution < -0.4 is 14.2 Å². The van der Waals surface area contributed by atoms with Gasteiger partial charge in [-0.2, -0.15) is 0 Å². The monoisotopic (exact) mass is 320 g/mol. The summed E-state index contributed by atoms with van der Waals surface area (Å²) in [5.41, 5.74) is 1.16. The van der Waals surface area contributed by atoms with E-state index in [1.165, 1.54) is 25.9 Å². The van der Waals surface area contributed by atoms with Gasteiger partial charge < -0.3 is 14.2 Å². The second-order valence-electron chi connectivity index (χ2n) is 6.59. The largest absolute Gasteiger partial charge is 0.496 e. The normalized spacial score (nSPS) is 25.2. The third-order valence-electron chi connectivity index (χ3n) is 5.23. The summed E-state index contributed by atoms with van der Waals surface area (Å²) in [7, 11) is 5.04. The number of benzene rings is 1. The van der Waals surface area contributed by atoms with E-state index in [0.717, 1.165) is 36.2 Å². The topological polar surface area (TPSA) is 34.2 Å². The SMILES string of the molecule is COc1cc(OC)c(OC)cc1CN1CC2CCCN2C[C@H]1C. The first-order valence-corrected chi connectivity index (χ1v) is 8.43. The van der Waals surface area contributed by atoms with Crippen molar-refractivity contribution in [3.05, 3.63) is 17.7 Å². The Kier molecular flexibility index (Phi) is 4.97. The summed E-state index contributed by atoms with van der Waals surface area (Å²) in [5, 5.41) is 0. The number of methoxy groups -OCH3 is 3. The summed E-state index contributed by atoms with van der Waals surface area (Å²) in [6.07, 6.45) is 2.66. The minimum absolute atomic E-state index is 0.558. The van der Waals surface area contributed by atoms with E-state index in [2.05, 4.69) is 16.7 Å². The molecule has 2 aliphatic rings. The van der Waals surface area contributed by atoms with E-state index in [4.69, 9.17) is 14.2 Å². The lowest BCUT2D eigenvalue weighted by Gasteiger charge is -2.42. The lowest BCUT2D eigenvalue weighted by molar-refractivity contribution is 0.0535. The van der Waals surface area contributed by atoms with E-state index in [-0.39, 0.29) is 0 Å². The predicted molar refractivity (Wildman–Crippen MR) is 90.6 cm³/mol. The third kappa shape index (κ3) is 3.26. The summed E-state index contributed by atoms with van der Waals surface area (Å²) in [6.45, 7) is 6.78. The Morgan fingerprint density at radius 3 is 2.39 bits per heavy atom. The molecule has 2 fully saturated rings. The van der Waals surface area contributed by atoms with Crippen LogP contribution in [0.5, 0.6) is 17.2 Å². The summed E-state index contributed by atoms with van der Waals surface area (Å²) in [6, 6.07) is 5.25. The van der Waals surface area contributed by atoms with Crippen molar-refractivity contribution in [1.29, 1.82) is 0 Å². The number of ether oxygens (including phenoxy) is 3.